The second kappa shape index (κ2) is 7.66. The molecule has 102 valence electrons. The molecule has 18 heavy (non-hydrogen) atoms. The van der Waals surface area contributed by atoms with E-state index in [9.17, 15) is 8.42 Å². The highest BCUT2D eigenvalue weighted by molar-refractivity contribution is 7.99. The number of hydrogen-bond donors (Lipinski definition) is 1. The topological polar surface area (TPSA) is 55.4 Å². The lowest BCUT2D eigenvalue weighted by molar-refractivity contribution is 0.413. The molecular weight excluding hydrogens is 270 g/mol. The molecule has 0 saturated carbocycles. The molecule has 0 aliphatic heterocycles. The minimum Gasteiger partial charge on any atom is -0.497 e. The second-order valence-electron chi connectivity index (χ2n) is 3.91. The summed E-state index contributed by atoms with van der Waals surface area (Å²) in [5, 5.41) is 3.11. The van der Waals surface area contributed by atoms with Gasteiger partial charge in [-0.25, -0.2) is 8.42 Å². The Morgan fingerprint density at radius 3 is 2.78 bits per heavy atom. The molecular formula is C12H19NO3S2. The van der Waals surface area contributed by atoms with Crippen LogP contribution in [0.4, 0.5) is 0 Å². The number of methoxy groups -OCH3 is 1. The smallest absolute Gasteiger partial charge is 0.148 e. The Balaban J connectivity index is 2.18. The monoisotopic (exact) mass is 289 g/mol. The molecule has 0 heterocycles. The zero-order chi connectivity index (χ0) is 13.4. The summed E-state index contributed by atoms with van der Waals surface area (Å²) in [7, 11) is -1.21. The van der Waals surface area contributed by atoms with Gasteiger partial charge in [0, 0.05) is 30.0 Å². The van der Waals surface area contributed by atoms with Crippen molar-refractivity contribution in [3.8, 4) is 5.75 Å². The van der Waals surface area contributed by atoms with E-state index in [2.05, 4.69) is 5.32 Å². The molecule has 4 nitrogen and oxygen atoms in total. The number of sulfone groups is 1. The van der Waals surface area contributed by atoms with Gasteiger partial charge in [0.2, 0.25) is 0 Å². The van der Waals surface area contributed by atoms with Gasteiger partial charge >= 0.3 is 0 Å². The summed E-state index contributed by atoms with van der Waals surface area (Å²) in [4.78, 5) is 1.15. The van der Waals surface area contributed by atoms with Crippen LogP contribution in [-0.4, -0.2) is 46.4 Å². The largest absolute Gasteiger partial charge is 0.497 e. The van der Waals surface area contributed by atoms with E-state index in [1.54, 1.807) is 18.9 Å². The predicted octanol–water partition coefficient (Wildman–Crippen LogP) is 1.42. The predicted molar refractivity (Wildman–Crippen MR) is 76.3 cm³/mol. The highest BCUT2D eigenvalue weighted by Gasteiger charge is 2.00. The number of nitrogens with one attached hydrogen (secondary N) is 1. The molecule has 0 amide bonds. The minimum absolute atomic E-state index is 0.191. The van der Waals surface area contributed by atoms with Gasteiger partial charge < -0.3 is 10.1 Å². The fourth-order valence-electron chi connectivity index (χ4n) is 1.31. The van der Waals surface area contributed by atoms with Crippen LogP contribution in [0.25, 0.3) is 0 Å². The zero-order valence-corrected chi connectivity index (χ0v) is 12.3. The maximum atomic E-state index is 10.9. The Kier molecular flexibility index (Phi) is 6.52. The van der Waals surface area contributed by atoms with Crippen molar-refractivity contribution in [3.05, 3.63) is 24.3 Å². The SMILES string of the molecule is COc1cccc(SCCNCCS(C)(=O)=O)c1. The highest BCUT2D eigenvalue weighted by Crippen LogP contribution is 2.22. The maximum absolute atomic E-state index is 10.9. The fraction of sp³-hybridized carbons (Fsp3) is 0.500. The highest BCUT2D eigenvalue weighted by atomic mass is 32.2. The summed E-state index contributed by atoms with van der Waals surface area (Å²) in [6.07, 6.45) is 1.25. The molecule has 0 saturated heterocycles. The molecule has 6 heteroatoms. The van der Waals surface area contributed by atoms with E-state index in [1.165, 1.54) is 6.26 Å². The summed E-state index contributed by atoms with van der Waals surface area (Å²) in [6.45, 7) is 1.30. The van der Waals surface area contributed by atoms with E-state index in [4.69, 9.17) is 4.74 Å². The zero-order valence-electron chi connectivity index (χ0n) is 10.7. The summed E-state index contributed by atoms with van der Waals surface area (Å²) < 4.78 is 26.9. The minimum atomic E-state index is -2.86. The van der Waals surface area contributed by atoms with Crippen LogP contribution in [-0.2, 0) is 9.84 Å². The van der Waals surface area contributed by atoms with Crippen LogP contribution in [0.2, 0.25) is 0 Å². The van der Waals surface area contributed by atoms with Crippen molar-refractivity contribution in [2.24, 2.45) is 0 Å². The van der Waals surface area contributed by atoms with Gasteiger partial charge in [0.05, 0.1) is 12.9 Å². The van der Waals surface area contributed by atoms with Gasteiger partial charge in [-0.2, -0.15) is 0 Å². The van der Waals surface area contributed by atoms with Crippen LogP contribution in [0, 0.1) is 0 Å². The van der Waals surface area contributed by atoms with Crippen LogP contribution >= 0.6 is 11.8 Å². The van der Waals surface area contributed by atoms with Crippen LogP contribution < -0.4 is 10.1 Å². The number of thioether (sulfide) groups is 1. The lowest BCUT2D eigenvalue weighted by Crippen LogP contribution is -2.24. The first-order valence-corrected chi connectivity index (χ1v) is 8.71. The lowest BCUT2D eigenvalue weighted by Gasteiger charge is -2.05. The fourth-order valence-corrected chi connectivity index (χ4v) is 2.69. The standard InChI is InChI=1S/C12H19NO3S2/c1-16-11-4-3-5-12(10-11)17-8-6-13-7-9-18(2,14)15/h3-5,10,13H,6-9H2,1-2H3. The van der Waals surface area contributed by atoms with Gasteiger partial charge in [0.15, 0.2) is 0 Å². The first-order valence-electron chi connectivity index (χ1n) is 5.66. The maximum Gasteiger partial charge on any atom is 0.148 e. The lowest BCUT2D eigenvalue weighted by atomic mass is 10.3. The van der Waals surface area contributed by atoms with Crippen molar-refractivity contribution in [2.45, 2.75) is 4.90 Å². The Bertz CT molecular complexity index is 460. The number of rotatable bonds is 8. The molecule has 0 bridgehead atoms. The van der Waals surface area contributed by atoms with Crippen molar-refractivity contribution in [2.75, 3.05) is 38.0 Å². The van der Waals surface area contributed by atoms with Gasteiger partial charge in [-0.15, -0.1) is 11.8 Å². The molecule has 1 N–H and O–H groups in total. The number of ether oxygens (including phenoxy) is 1. The van der Waals surface area contributed by atoms with Gasteiger partial charge in [-0.1, -0.05) is 6.07 Å². The van der Waals surface area contributed by atoms with Crippen LogP contribution in [0.3, 0.4) is 0 Å². The van der Waals surface area contributed by atoms with Crippen LogP contribution in [0.15, 0.2) is 29.2 Å². The van der Waals surface area contributed by atoms with E-state index in [0.29, 0.717) is 6.54 Å². The Hall–Kier alpha value is -0.720. The van der Waals surface area contributed by atoms with Gasteiger partial charge in [-0.05, 0) is 18.2 Å². The van der Waals surface area contributed by atoms with Crippen LogP contribution in [0.1, 0.15) is 0 Å². The molecule has 0 radical (unpaired) electrons. The Morgan fingerprint density at radius 2 is 2.11 bits per heavy atom. The Morgan fingerprint density at radius 1 is 1.33 bits per heavy atom. The second-order valence-corrected chi connectivity index (χ2v) is 7.34. The first-order chi connectivity index (χ1) is 8.51. The van der Waals surface area contributed by atoms with Crippen molar-refractivity contribution in [1.29, 1.82) is 0 Å². The molecule has 1 aromatic rings. The third kappa shape index (κ3) is 6.88. The van der Waals surface area contributed by atoms with Gasteiger partial charge in [0.1, 0.15) is 15.6 Å². The summed E-state index contributed by atoms with van der Waals surface area (Å²) in [6, 6.07) is 7.89. The molecule has 0 spiro atoms. The molecule has 0 unspecified atom stereocenters. The summed E-state index contributed by atoms with van der Waals surface area (Å²) in [5.41, 5.74) is 0. The first kappa shape index (κ1) is 15.3. The molecule has 1 rings (SSSR count). The van der Waals surface area contributed by atoms with Crippen molar-refractivity contribution >= 4 is 21.6 Å². The number of benzene rings is 1. The van der Waals surface area contributed by atoms with Crippen molar-refractivity contribution in [3.63, 3.8) is 0 Å². The van der Waals surface area contributed by atoms with E-state index < -0.39 is 9.84 Å². The van der Waals surface area contributed by atoms with E-state index in [1.807, 2.05) is 24.3 Å². The normalized spacial score (nSPS) is 11.4. The van der Waals surface area contributed by atoms with E-state index >= 15 is 0 Å². The molecule has 1 aromatic carbocycles. The summed E-state index contributed by atoms with van der Waals surface area (Å²) in [5.74, 6) is 1.94. The van der Waals surface area contributed by atoms with Gasteiger partial charge in [-0.3, -0.25) is 0 Å². The van der Waals surface area contributed by atoms with Gasteiger partial charge in [0.25, 0.3) is 0 Å². The molecule has 0 aliphatic carbocycles. The third-order valence-corrected chi connectivity index (χ3v) is 4.18. The molecule has 0 atom stereocenters. The van der Waals surface area contributed by atoms with Crippen molar-refractivity contribution < 1.29 is 13.2 Å². The Labute approximate surface area is 113 Å². The third-order valence-electron chi connectivity index (χ3n) is 2.24. The van der Waals surface area contributed by atoms with E-state index in [0.717, 1.165) is 22.9 Å². The summed E-state index contributed by atoms with van der Waals surface area (Å²) >= 11 is 1.72. The number of hydrogen-bond acceptors (Lipinski definition) is 5. The van der Waals surface area contributed by atoms with E-state index in [-0.39, 0.29) is 5.75 Å². The molecule has 0 aromatic heterocycles. The van der Waals surface area contributed by atoms with Crippen LogP contribution in [0.5, 0.6) is 5.75 Å². The average molecular weight is 289 g/mol. The van der Waals surface area contributed by atoms with Crippen molar-refractivity contribution in [1.82, 2.24) is 5.32 Å². The molecule has 0 aliphatic rings. The quantitative estimate of drug-likeness (QED) is 0.579. The molecule has 0 fully saturated rings. The average Bonchev–Trinajstić information content (AvgIpc) is 2.32.